The van der Waals surface area contributed by atoms with Crippen LogP contribution in [0.2, 0.25) is 5.02 Å². The SMILES string of the molecule is CC(c1ccccc1)N(C(=O)Cc1ccc(Cl)cc1)C1CC(=O)N(c2ccc(-c3nc4ccccc4o3)cc2)C1=O. The minimum atomic E-state index is -0.936. The summed E-state index contributed by atoms with van der Waals surface area (Å²) in [7, 11) is 0. The van der Waals surface area contributed by atoms with Gasteiger partial charge in [-0.25, -0.2) is 9.88 Å². The van der Waals surface area contributed by atoms with Gasteiger partial charge in [-0.05, 0) is 66.6 Å². The first-order valence-corrected chi connectivity index (χ1v) is 13.7. The van der Waals surface area contributed by atoms with Crippen molar-refractivity contribution in [1.82, 2.24) is 9.88 Å². The summed E-state index contributed by atoms with van der Waals surface area (Å²) in [5, 5.41) is 0.574. The molecule has 8 heteroatoms. The number of oxazole rings is 1. The van der Waals surface area contributed by atoms with Gasteiger partial charge in [0.25, 0.3) is 5.91 Å². The van der Waals surface area contributed by atoms with Gasteiger partial charge in [0.2, 0.25) is 17.7 Å². The smallest absolute Gasteiger partial charge is 0.257 e. The van der Waals surface area contributed by atoms with Gasteiger partial charge in [0, 0.05) is 10.6 Å². The summed E-state index contributed by atoms with van der Waals surface area (Å²) in [5.74, 6) is -0.593. The van der Waals surface area contributed by atoms with Crippen LogP contribution in [0.5, 0.6) is 0 Å². The van der Waals surface area contributed by atoms with Crippen molar-refractivity contribution in [2.45, 2.75) is 31.8 Å². The Morgan fingerprint density at radius 1 is 0.951 bits per heavy atom. The summed E-state index contributed by atoms with van der Waals surface area (Å²) >= 11 is 6.03. The zero-order valence-corrected chi connectivity index (χ0v) is 23.0. The number of nitrogens with zero attached hydrogens (tertiary/aromatic N) is 3. The molecule has 0 aliphatic carbocycles. The van der Waals surface area contributed by atoms with Crippen LogP contribution in [0.3, 0.4) is 0 Å². The standard InChI is InChI=1S/C33H26ClN3O4/c1-21(23-7-3-2-4-8-23)36(30(38)19-22-11-15-25(34)16-12-22)28-20-31(39)37(33(28)40)26-17-13-24(14-18-26)32-35-27-9-5-6-10-29(27)41-32/h2-18,21,28H,19-20H2,1H3. The van der Waals surface area contributed by atoms with E-state index in [-0.39, 0.29) is 24.7 Å². The number of benzene rings is 4. The highest BCUT2D eigenvalue weighted by molar-refractivity contribution is 6.30. The summed E-state index contributed by atoms with van der Waals surface area (Å²) in [6, 6.07) is 29.6. The highest BCUT2D eigenvalue weighted by atomic mass is 35.5. The molecule has 1 saturated heterocycles. The lowest BCUT2D eigenvalue weighted by atomic mass is 10.0. The van der Waals surface area contributed by atoms with E-state index in [1.807, 2.05) is 61.5 Å². The first kappa shape index (κ1) is 26.5. The average molecular weight is 564 g/mol. The topological polar surface area (TPSA) is 83.7 Å². The van der Waals surface area contributed by atoms with E-state index in [0.717, 1.165) is 22.2 Å². The number of fused-ring (bicyclic) bond motifs is 1. The van der Waals surface area contributed by atoms with Crippen LogP contribution in [-0.4, -0.2) is 33.6 Å². The molecule has 5 aromatic rings. The molecule has 2 atom stereocenters. The zero-order chi connectivity index (χ0) is 28.5. The minimum absolute atomic E-state index is 0.0749. The van der Waals surface area contributed by atoms with E-state index in [1.165, 1.54) is 4.90 Å². The van der Waals surface area contributed by atoms with Gasteiger partial charge >= 0.3 is 0 Å². The number of hydrogen-bond acceptors (Lipinski definition) is 5. The van der Waals surface area contributed by atoms with Crippen molar-refractivity contribution < 1.29 is 18.8 Å². The number of amides is 3. The van der Waals surface area contributed by atoms with Crippen LogP contribution in [0.25, 0.3) is 22.6 Å². The predicted octanol–water partition coefficient (Wildman–Crippen LogP) is 6.61. The van der Waals surface area contributed by atoms with Gasteiger partial charge in [-0.1, -0.05) is 66.2 Å². The Balaban J connectivity index is 1.28. The van der Waals surface area contributed by atoms with Crippen molar-refractivity contribution in [3.05, 3.63) is 119 Å². The normalized spacial score (nSPS) is 15.9. The molecule has 2 unspecified atom stereocenters. The van der Waals surface area contributed by atoms with E-state index in [0.29, 0.717) is 22.2 Å². The molecule has 1 aliphatic heterocycles. The summed E-state index contributed by atoms with van der Waals surface area (Å²) < 4.78 is 5.85. The quantitative estimate of drug-likeness (QED) is 0.208. The van der Waals surface area contributed by atoms with Crippen molar-refractivity contribution in [3.63, 3.8) is 0 Å². The van der Waals surface area contributed by atoms with Crippen LogP contribution in [0, 0.1) is 0 Å². The third-order valence-corrected chi connectivity index (χ3v) is 7.63. The fourth-order valence-electron chi connectivity index (χ4n) is 5.27. The molecule has 1 aromatic heterocycles. The minimum Gasteiger partial charge on any atom is -0.436 e. The molecule has 0 bridgehead atoms. The van der Waals surface area contributed by atoms with Crippen LogP contribution in [-0.2, 0) is 20.8 Å². The number of carbonyl (C=O) groups excluding carboxylic acids is 3. The number of halogens is 1. The number of imide groups is 1. The van der Waals surface area contributed by atoms with E-state index in [4.69, 9.17) is 16.0 Å². The fourth-order valence-corrected chi connectivity index (χ4v) is 5.40. The van der Waals surface area contributed by atoms with Gasteiger partial charge in [-0.2, -0.15) is 0 Å². The van der Waals surface area contributed by atoms with Crippen molar-refractivity contribution in [2.24, 2.45) is 0 Å². The maximum Gasteiger partial charge on any atom is 0.257 e. The molecule has 7 nitrogen and oxygen atoms in total. The molecule has 0 saturated carbocycles. The summed E-state index contributed by atoms with van der Waals surface area (Å²) in [5.41, 5.74) is 4.22. The van der Waals surface area contributed by atoms with E-state index in [1.54, 1.807) is 53.4 Å². The van der Waals surface area contributed by atoms with Crippen molar-refractivity contribution >= 4 is 46.1 Å². The van der Waals surface area contributed by atoms with Crippen molar-refractivity contribution in [3.8, 4) is 11.5 Å². The van der Waals surface area contributed by atoms with Crippen LogP contribution in [0.1, 0.15) is 30.5 Å². The molecule has 204 valence electrons. The molecule has 0 N–H and O–H groups in total. The lowest BCUT2D eigenvalue weighted by Crippen LogP contribution is -2.47. The van der Waals surface area contributed by atoms with E-state index >= 15 is 0 Å². The molecule has 0 radical (unpaired) electrons. The average Bonchev–Trinajstić information content (AvgIpc) is 3.55. The molecule has 41 heavy (non-hydrogen) atoms. The number of rotatable bonds is 7. The number of para-hydroxylation sites is 2. The Morgan fingerprint density at radius 2 is 1.63 bits per heavy atom. The second-order valence-corrected chi connectivity index (χ2v) is 10.4. The highest BCUT2D eigenvalue weighted by Crippen LogP contribution is 2.33. The number of carbonyl (C=O) groups is 3. The molecule has 4 aromatic carbocycles. The third-order valence-electron chi connectivity index (χ3n) is 7.38. The lowest BCUT2D eigenvalue weighted by Gasteiger charge is -2.34. The molecular formula is C33H26ClN3O4. The first-order chi connectivity index (χ1) is 19.9. The number of hydrogen-bond donors (Lipinski definition) is 0. The lowest BCUT2D eigenvalue weighted by molar-refractivity contribution is -0.140. The third kappa shape index (κ3) is 5.24. The van der Waals surface area contributed by atoms with Gasteiger partial charge in [-0.3, -0.25) is 14.4 Å². The van der Waals surface area contributed by atoms with E-state index in [9.17, 15) is 14.4 Å². The largest absolute Gasteiger partial charge is 0.436 e. The number of aromatic nitrogens is 1. The van der Waals surface area contributed by atoms with Crippen LogP contribution in [0.15, 0.2) is 108 Å². The maximum absolute atomic E-state index is 13.8. The molecule has 6 rings (SSSR count). The Hall–Kier alpha value is -4.75. The first-order valence-electron chi connectivity index (χ1n) is 13.3. The molecular weight excluding hydrogens is 538 g/mol. The van der Waals surface area contributed by atoms with Gasteiger partial charge in [-0.15, -0.1) is 0 Å². The van der Waals surface area contributed by atoms with Crippen LogP contribution in [0.4, 0.5) is 5.69 Å². The van der Waals surface area contributed by atoms with E-state index in [2.05, 4.69) is 4.98 Å². The second kappa shape index (κ2) is 11.0. The Morgan fingerprint density at radius 3 is 2.34 bits per heavy atom. The Kier molecular flexibility index (Phi) is 7.12. The summed E-state index contributed by atoms with van der Waals surface area (Å²) in [4.78, 5) is 48.1. The van der Waals surface area contributed by atoms with Gasteiger partial charge in [0.1, 0.15) is 11.6 Å². The maximum atomic E-state index is 13.8. The van der Waals surface area contributed by atoms with Crippen molar-refractivity contribution in [2.75, 3.05) is 4.90 Å². The van der Waals surface area contributed by atoms with Gasteiger partial charge in [0.05, 0.1) is 24.6 Å². The number of anilines is 1. The highest BCUT2D eigenvalue weighted by Gasteiger charge is 2.46. The Labute approximate surface area is 242 Å². The second-order valence-electron chi connectivity index (χ2n) is 10.0. The molecule has 1 fully saturated rings. The molecule has 2 heterocycles. The molecule has 1 aliphatic rings. The zero-order valence-electron chi connectivity index (χ0n) is 22.2. The van der Waals surface area contributed by atoms with E-state index < -0.39 is 18.0 Å². The Bertz CT molecular complexity index is 1700. The molecule has 3 amide bonds. The fraction of sp³-hybridized carbons (Fsp3) is 0.152. The summed E-state index contributed by atoms with van der Waals surface area (Å²) in [6.45, 7) is 1.88. The predicted molar refractivity (Wildman–Crippen MR) is 157 cm³/mol. The van der Waals surface area contributed by atoms with Gasteiger partial charge < -0.3 is 9.32 Å². The monoisotopic (exact) mass is 563 g/mol. The molecule has 0 spiro atoms. The van der Waals surface area contributed by atoms with Crippen LogP contribution < -0.4 is 4.90 Å². The van der Waals surface area contributed by atoms with Crippen LogP contribution >= 0.6 is 11.6 Å². The van der Waals surface area contributed by atoms with Gasteiger partial charge in [0.15, 0.2) is 5.58 Å². The van der Waals surface area contributed by atoms with Crippen molar-refractivity contribution in [1.29, 1.82) is 0 Å². The summed E-state index contributed by atoms with van der Waals surface area (Å²) in [6.07, 6.45) is -0.0270.